The average Bonchev–Trinajstić information content (AvgIpc) is 2.20. The first-order valence-electron chi connectivity index (χ1n) is 5.13. The Morgan fingerprint density at radius 3 is 2.50 bits per heavy atom. The highest BCUT2D eigenvalue weighted by atomic mass is 32.2. The summed E-state index contributed by atoms with van der Waals surface area (Å²) >= 11 is 1.63. The van der Waals surface area contributed by atoms with Crippen molar-refractivity contribution in [2.24, 2.45) is 5.73 Å². The van der Waals surface area contributed by atoms with Gasteiger partial charge in [0, 0.05) is 10.6 Å². The Balaban J connectivity index is 2.41. The molecule has 0 fully saturated rings. The van der Waals surface area contributed by atoms with Crippen molar-refractivity contribution in [3.8, 4) is 0 Å². The molecule has 88 valence electrons. The van der Waals surface area contributed by atoms with Crippen molar-refractivity contribution in [3.05, 3.63) is 29.8 Å². The van der Waals surface area contributed by atoms with E-state index in [-0.39, 0.29) is 0 Å². The zero-order valence-corrected chi connectivity index (χ0v) is 10.4. The summed E-state index contributed by atoms with van der Waals surface area (Å²) in [5, 5.41) is 8.84. The number of aryl methyl sites for hydroxylation is 1. The van der Waals surface area contributed by atoms with Gasteiger partial charge in [0.05, 0.1) is 0 Å². The highest BCUT2D eigenvalue weighted by Crippen LogP contribution is 2.21. The summed E-state index contributed by atoms with van der Waals surface area (Å²) in [6, 6.07) is 8.16. The first kappa shape index (κ1) is 13.1. The van der Waals surface area contributed by atoms with Gasteiger partial charge in [-0.2, -0.15) is 0 Å². The minimum atomic E-state index is -1.13. The minimum absolute atomic E-state index is 0.459. The van der Waals surface area contributed by atoms with E-state index in [1.807, 2.05) is 31.2 Å². The molecule has 1 aromatic carbocycles. The van der Waals surface area contributed by atoms with Crippen molar-refractivity contribution < 1.29 is 9.90 Å². The molecule has 0 aliphatic carbocycles. The van der Waals surface area contributed by atoms with Crippen LogP contribution in [-0.2, 0) is 4.79 Å². The lowest BCUT2D eigenvalue weighted by atomic mass is 10.0. The van der Waals surface area contributed by atoms with Gasteiger partial charge in [0.2, 0.25) is 0 Å². The number of carboxylic acids is 1. The Labute approximate surface area is 100 Å². The van der Waals surface area contributed by atoms with Crippen LogP contribution in [0.4, 0.5) is 0 Å². The van der Waals surface area contributed by atoms with Crippen molar-refractivity contribution >= 4 is 17.7 Å². The molecule has 0 saturated carbocycles. The average molecular weight is 239 g/mol. The molecule has 16 heavy (non-hydrogen) atoms. The van der Waals surface area contributed by atoms with Crippen LogP contribution in [0.15, 0.2) is 29.2 Å². The van der Waals surface area contributed by atoms with Gasteiger partial charge in [0.1, 0.15) is 5.54 Å². The van der Waals surface area contributed by atoms with E-state index in [2.05, 4.69) is 0 Å². The Morgan fingerprint density at radius 2 is 2.00 bits per heavy atom. The van der Waals surface area contributed by atoms with Crippen molar-refractivity contribution in [3.63, 3.8) is 0 Å². The molecular formula is C12H17NO2S. The molecule has 0 aromatic heterocycles. The maximum absolute atomic E-state index is 10.8. The van der Waals surface area contributed by atoms with Gasteiger partial charge < -0.3 is 10.8 Å². The quantitative estimate of drug-likeness (QED) is 0.774. The molecule has 0 aliphatic heterocycles. The van der Waals surface area contributed by atoms with Crippen molar-refractivity contribution in [2.75, 3.05) is 5.75 Å². The predicted molar refractivity (Wildman–Crippen MR) is 66.7 cm³/mol. The smallest absolute Gasteiger partial charge is 0.323 e. The fraction of sp³-hybridized carbons (Fsp3) is 0.417. The van der Waals surface area contributed by atoms with E-state index in [4.69, 9.17) is 10.8 Å². The monoisotopic (exact) mass is 239 g/mol. The summed E-state index contributed by atoms with van der Waals surface area (Å²) in [5.74, 6) is -0.237. The maximum atomic E-state index is 10.8. The molecule has 0 saturated heterocycles. The molecule has 0 spiro atoms. The van der Waals surface area contributed by atoms with E-state index >= 15 is 0 Å². The number of nitrogens with two attached hydrogens (primary N) is 1. The van der Waals surface area contributed by atoms with Gasteiger partial charge in [-0.25, -0.2) is 0 Å². The van der Waals surface area contributed by atoms with Crippen LogP contribution in [0.25, 0.3) is 0 Å². The van der Waals surface area contributed by atoms with E-state index in [0.29, 0.717) is 12.2 Å². The zero-order chi connectivity index (χ0) is 12.2. The summed E-state index contributed by atoms with van der Waals surface area (Å²) in [5.41, 5.74) is 5.73. The van der Waals surface area contributed by atoms with E-state index in [1.54, 1.807) is 18.7 Å². The van der Waals surface area contributed by atoms with Crippen LogP contribution in [0.5, 0.6) is 0 Å². The fourth-order valence-electron chi connectivity index (χ4n) is 1.12. The summed E-state index contributed by atoms with van der Waals surface area (Å²) in [6.45, 7) is 3.58. The molecule has 1 atom stereocenters. The number of hydrogen-bond donors (Lipinski definition) is 2. The second-order valence-corrected chi connectivity index (χ2v) is 5.30. The number of aliphatic carboxylic acids is 1. The van der Waals surface area contributed by atoms with E-state index in [1.165, 1.54) is 5.56 Å². The van der Waals surface area contributed by atoms with E-state index in [9.17, 15) is 4.79 Å². The Bertz CT molecular complexity index is 360. The summed E-state index contributed by atoms with van der Waals surface area (Å²) in [6.07, 6.45) is 0.459. The third-order valence-electron chi connectivity index (χ3n) is 2.40. The topological polar surface area (TPSA) is 63.3 Å². The highest BCUT2D eigenvalue weighted by Gasteiger charge is 2.26. The third-order valence-corrected chi connectivity index (χ3v) is 3.41. The number of thioether (sulfide) groups is 1. The number of rotatable bonds is 5. The Kier molecular flexibility index (Phi) is 4.38. The lowest BCUT2D eigenvalue weighted by Crippen LogP contribution is -2.45. The van der Waals surface area contributed by atoms with Gasteiger partial charge in [-0.05, 0) is 32.4 Å². The van der Waals surface area contributed by atoms with Crippen LogP contribution in [0, 0.1) is 6.92 Å². The van der Waals surface area contributed by atoms with Crippen molar-refractivity contribution in [1.82, 2.24) is 0 Å². The summed E-state index contributed by atoms with van der Waals surface area (Å²) in [4.78, 5) is 11.9. The Hall–Kier alpha value is -1.00. The molecule has 3 N–H and O–H groups in total. The summed E-state index contributed by atoms with van der Waals surface area (Å²) in [7, 11) is 0. The SMILES string of the molecule is Cc1ccc(SCCC(C)(N)C(=O)O)cc1. The molecule has 1 rings (SSSR count). The first-order valence-corrected chi connectivity index (χ1v) is 6.12. The molecule has 0 bridgehead atoms. The van der Waals surface area contributed by atoms with Gasteiger partial charge in [-0.3, -0.25) is 4.79 Å². The van der Waals surface area contributed by atoms with E-state index < -0.39 is 11.5 Å². The van der Waals surface area contributed by atoms with Gasteiger partial charge in [0.15, 0.2) is 0 Å². The molecule has 4 heteroatoms. The van der Waals surface area contributed by atoms with E-state index in [0.717, 1.165) is 4.90 Å². The second-order valence-electron chi connectivity index (χ2n) is 4.13. The lowest BCUT2D eigenvalue weighted by Gasteiger charge is -2.18. The molecular weight excluding hydrogens is 222 g/mol. The largest absolute Gasteiger partial charge is 0.480 e. The predicted octanol–water partition coefficient (Wildman–Crippen LogP) is 2.28. The minimum Gasteiger partial charge on any atom is -0.480 e. The van der Waals surface area contributed by atoms with Crippen LogP contribution in [0.1, 0.15) is 18.9 Å². The van der Waals surface area contributed by atoms with Crippen LogP contribution >= 0.6 is 11.8 Å². The molecule has 0 amide bonds. The standard InChI is InChI=1S/C12H17NO2S/c1-9-3-5-10(6-4-9)16-8-7-12(2,13)11(14)15/h3-6H,7-8,13H2,1-2H3,(H,14,15). The molecule has 3 nitrogen and oxygen atoms in total. The normalized spacial score (nSPS) is 14.4. The van der Waals surface area contributed by atoms with Crippen LogP contribution in [0.2, 0.25) is 0 Å². The maximum Gasteiger partial charge on any atom is 0.323 e. The highest BCUT2D eigenvalue weighted by molar-refractivity contribution is 7.99. The number of carboxylic acid groups (broad SMARTS) is 1. The second kappa shape index (κ2) is 5.37. The molecule has 0 heterocycles. The van der Waals surface area contributed by atoms with Gasteiger partial charge in [-0.1, -0.05) is 17.7 Å². The summed E-state index contributed by atoms with van der Waals surface area (Å²) < 4.78 is 0. The van der Waals surface area contributed by atoms with Crippen LogP contribution < -0.4 is 5.73 Å². The number of hydrogen-bond acceptors (Lipinski definition) is 3. The van der Waals surface area contributed by atoms with Crippen molar-refractivity contribution in [2.45, 2.75) is 30.7 Å². The molecule has 0 radical (unpaired) electrons. The molecule has 1 unspecified atom stereocenters. The number of carbonyl (C=O) groups is 1. The van der Waals surface area contributed by atoms with Crippen LogP contribution in [0.3, 0.4) is 0 Å². The van der Waals surface area contributed by atoms with Gasteiger partial charge in [-0.15, -0.1) is 11.8 Å². The zero-order valence-electron chi connectivity index (χ0n) is 9.56. The van der Waals surface area contributed by atoms with Gasteiger partial charge >= 0.3 is 5.97 Å². The van der Waals surface area contributed by atoms with Gasteiger partial charge in [0.25, 0.3) is 0 Å². The molecule has 0 aliphatic rings. The van der Waals surface area contributed by atoms with Crippen molar-refractivity contribution in [1.29, 1.82) is 0 Å². The number of benzene rings is 1. The lowest BCUT2D eigenvalue weighted by molar-refractivity contribution is -0.142. The molecule has 1 aromatic rings. The Morgan fingerprint density at radius 1 is 1.44 bits per heavy atom. The first-order chi connectivity index (χ1) is 7.42. The third kappa shape index (κ3) is 3.87. The fourth-order valence-corrected chi connectivity index (χ4v) is 2.21. The van der Waals surface area contributed by atoms with Crippen LogP contribution in [-0.4, -0.2) is 22.4 Å².